The molecule has 1 heterocycles. The van der Waals surface area contributed by atoms with Crippen molar-refractivity contribution < 1.29 is 9.59 Å². The second kappa shape index (κ2) is 7.25. The summed E-state index contributed by atoms with van der Waals surface area (Å²) in [5.74, 6) is -0.161. The number of primary amides is 1. The van der Waals surface area contributed by atoms with Crippen LogP contribution in [-0.2, 0) is 11.3 Å². The molecule has 0 radical (unpaired) electrons. The van der Waals surface area contributed by atoms with E-state index in [0.717, 1.165) is 24.5 Å². The Balaban J connectivity index is 1.83. The summed E-state index contributed by atoms with van der Waals surface area (Å²) in [5.41, 5.74) is 8.22. The number of carbonyl (C=O) groups excluding carboxylic acids is 2. The predicted octanol–water partition coefficient (Wildman–Crippen LogP) is 2.10. The molecule has 2 aromatic rings. The summed E-state index contributed by atoms with van der Waals surface area (Å²) < 4.78 is 0. The van der Waals surface area contributed by atoms with E-state index in [9.17, 15) is 9.59 Å². The Kier molecular flexibility index (Phi) is 4.88. The van der Waals surface area contributed by atoms with Crippen LogP contribution in [-0.4, -0.2) is 31.1 Å². The highest BCUT2D eigenvalue weighted by Gasteiger charge is 2.29. The lowest BCUT2D eigenvalue weighted by atomic mass is 10.1. The average Bonchev–Trinajstić information content (AvgIpc) is 2.62. The third-order valence-electron chi connectivity index (χ3n) is 4.32. The number of rotatable bonds is 4. The van der Waals surface area contributed by atoms with Gasteiger partial charge in [-0.2, -0.15) is 0 Å². The summed E-state index contributed by atoms with van der Waals surface area (Å²) in [5, 5.41) is 2.46. The molecule has 1 aliphatic heterocycles. The quantitative estimate of drug-likeness (QED) is 0.896. The molecule has 3 rings (SSSR count). The first-order valence-corrected chi connectivity index (χ1v) is 8.31. The zero-order chi connectivity index (χ0) is 17.8. The number of urea groups is 1. The lowest BCUT2D eigenvalue weighted by Crippen LogP contribution is -2.52. The van der Waals surface area contributed by atoms with E-state index in [4.69, 9.17) is 5.73 Å². The summed E-state index contributed by atoms with van der Waals surface area (Å²) in [6, 6.07) is 16.7. The predicted molar refractivity (Wildman–Crippen MR) is 98.5 cm³/mol. The summed E-state index contributed by atoms with van der Waals surface area (Å²) >= 11 is 0. The summed E-state index contributed by atoms with van der Waals surface area (Å²) in [7, 11) is 0. The molecule has 0 saturated heterocycles. The monoisotopic (exact) mass is 338 g/mol. The molecule has 25 heavy (non-hydrogen) atoms. The van der Waals surface area contributed by atoms with Crippen LogP contribution >= 0.6 is 0 Å². The first-order chi connectivity index (χ1) is 12.1. The van der Waals surface area contributed by atoms with Crippen LogP contribution in [0.5, 0.6) is 0 Å². The fourth-order valence-electron chi connectivity index (χ4n) is 3.13. The number of benzene rings is 2. The van der Waals surface area contributed by atoms with Crippen molar-refractivity contribution in [2.75, 3.05) is 22.9 Å². The Morgan fingerprint density at radius 3 is 2.36 bits per heavy atom. The molecule has 6 nitrogen and oxygen atoms in total. The second-order valence-electron chi connectivity index (χ2n) is 6.12. The Morgan fingerprint density at radius 2 is 1.68 bits per heavy atom. The van der Waals surface area contributed by atoms with Crippen LogP contribution in [0.2, 0.25) is 0 Å². The smallest absolute Gasteiger partial charge is 0.312 e. The molecule has 0 aromatic heterocycles. The summed E-state index contributed by atoms with van der Waals surface area (Å²) in [4.78, 5) is 27.7. The number of nitrogens with two attached hydrogens (primary N) is 1. The zero-order valence-corrected chi connectivity index (χ0v) is 14.2. The maximum absolute atomic E-state index is 12.7. The van der Waals surface area contributed by atoms with E-state index in [1.165, 1.54) is 5.56 Å². The molecule has 0 aliphatic carbocycles. The van der Waals surface area contributed by atoms with Crippen molar-refractivity contribution in [3.63, 3.8) is 0 Å². The van der Waals surface area contributed by atoms with Crippen molar-refractivity contribution in [2.45, 2.75) is 19.5 Å². The van der Waals surface area contributed by atoms with E-state index in [2.05, 4.69) is 22.3 Å². The number of hydrogen-bond donors (Lipinski definition) is 2. The van der Waals surface area contributed by atoms with Crippen LogP contribution in [0.4, 0.5) is 16.2 Å². The van der Waals surface area contributed by atoms with Gasteiger partial charge >= 0.3 is 6.03 Å². The Morgan fingerprint density at radius 1 is 1.04 bits per heavy atom. The highest BCUT2D eigenvalue weighted by molar-refractivity contribution is 6.01. The van der Waals surface area contributed by atoms with E-state index in [1.54, 1.807) is 11.8 Å². The van der Waals surface area contributed by atoms with Crippen LogP contribution in [0.25, 0.3) is 0 Å². The minimum atomic E-state index is -0.697. The Bertz CT molecular complexity index is 763. The minimum Gasteiger partial charge on any atom is -0.364 e. The van der Waals surface area contributed by atoms with E-state index < -0.39 is 12.1 Å². The fourth-order valence-corrected chi connectivity index (χ4v) is 3.13. The SMILES string of the molecule is C[C@@H](NC(N)=O)C(=O)N1CCN(Cc2ccccc2)c2ccccc21. The molecule has 1 aliphatic rings. The number of para-hydroxylation sites is 2. The standard InChI is InChI=1S/C19H22N4O2/c1-14(21-19(20)25)18(24)23-12-11-22(13-15-7-3-2-4-8-15)16-9-5-6-10-17(16)23/h2-10,14H,11-13H2,1H3,(H3,20,21,25)/t14-/m1/s1. The molecular formula is C19H22N4O2. The molecule has 6 heteroatoms. The molecule has 0 spiro atoms. The van der Waals surface area contributed by atoms with Crippen LogP contribution < -0.4 is 20.9 Å². The maximum atomic E-state index is 12.7. The molecule has 130 valence electrons. The largest absolute Gasteiger partial charge is 0.364 e. The number of amides is 3. The molecule has 0 bridgehead atoms. The minimum absolute atomic E-state index is 0.161. The van der Waals surface area contributed by atoms with Crippen LogP contribution in [0.15, 0.2) is 54.6 Å². The molecule has 2 aromatic carbocycles. The average molecular weight is 338 g/mol. The number of carbonyl (C=O) groups is 2. The van der Waals surface area contributed by atoms with Gasteiger partial charge in [-0.05, 0) is 24.6 Å². The van der Waals surface area contributed by atoms with Crippen molar-refractivity contribution in [2.24, 2.45) is 5.73 Å². The van der Waals surface area contributed by atoms with Crippen LogP contribution in [0.1, 0.15) is 12.5 Å². The van der Waals surface area contributed by atoms with Crippen molar-refractivity contribution in [1.82, 2.24) is 5.32 Å². The van der Waals surface area contributed by atoms with Gasteiger partial charge in [0.1, 0.15) is 6.04 Å². The van der Waals surface area contributed by atoms with Gasteiger partial charge in [0.2, 0.25) is 5.91 Å². The van der Waals surface area contributed by atoms with Gasteiger partial charge in [0, 0.05) is 19.6 Å². The Hall–Kier alpha value is -3.02. The molecule has 0 fully saturated rings. The second-order valence-corrected chi connectivity index (χ2v) is 6.12. The van der Waals surface area contributed by atoms with Crippen LogP contribution in [0, 0.1) is 0 Å². The Labute approximate surface area is 147 Å². The van der Waals surface area contributed by atoms with Gasteiger partial charge in [-0.15, -0.1) is 0 Å². The topological polar surface area (TPSA) is 78.7 Å². The van der Waals surface area contributed by atoms with Gasteiger partial charge in [-0.3, -0.25) is 4.79 Å². The van der Waals surface area contributed by atoms with Gasteiger partial charge in [-0.1, -0.05) is 42.5 Å². The number of nitrogens with zero attached hydrogens (tertiary/aromatic N) is 2. The molecule has 3 amide bonds. The van der Waals surface area contributed by atoms with Gasteiger partial charge in [0.25, 0.3) is 0 Å². The van der Waals surface area contributed by atoms with E-state index in [1.807, 2.05) is 42.5 Å². The number of anilines is 2. The lowest BCUT2D eigenvalue weighted by Gasteiger charge is -2.38. The summed E-state index contributed by atoms with van der Waals surface area (Å²) in [6.45, 7) is 3.72. The highest BCUT2D eigenvalue weighted by atomic mass is 16.2. The lowest BCUT2D eigenvalue weighted by molar-refractivity contribution is -0.120. The third kappa shape index (κ3) is 3.74. The number of hydrogen-bond acceptors (Lipinski definition) is 3. The first kappa shape index (κ1) is 16.8. The zero-order valence-electron chi connectivity index (χ0n) is 14.2. The molecule has 0 unspecified atom stereocenters. The number of fused-ring (bicyclic) bond motifs is 1. The third-order valence-corrected chi connectivity index (χ3v) is 4.32. The highest BCUT2D eigenvalue weighted by Crippen LogP contribution is 2.34. The van der Waals surface area contributed by atoms with E-state index in [0.29, 0.717) is 6.54 Å². The number of nitrogens with one attached hydrogen (secondary N) is 1. The molecule has 0 saturated carbocycles. The van der Waals surface area contributed by atoms with Crippen molar-refractivity contribution in [3.8, 4) is 0 Å². The van der Waals surface area contributed by atoms with Gasteiger partial charge in [0.05, 0.1) is 11.4 Å². The first-order valence-electron chi connectivity index (χ1n) is 8.31. The van der Waals surface area contributed by atoms with Crippen molar-refractivity contribution in [3.05, 3.63) is 60.2 Å². The van der Waals surface area contributed by atoms with Crippen molar-refractivity contribution >= 4 is 23.3 Å². The normalized spacial score (nSPS) is 14.6. The van der Waals surface area contributed by atoms with E-state index >= 15 is 0 Å². The maximum Gasteiger partial charge on any atom is 0.312 e. The van der Waals surface area contributed by atoms with Crippen LogP contribution in [0.3, 0.4) is 0 Å². The van der Waals surface area contributed by atoms with Gasteiger partial charge < -0.3 is 20.9 Å². The summed E-state index contributed by atoms with van der Waals surface area (Å²) in [6.07, 6.45) is 0. The molecule has 1 atom stereocenters. The van der Waals surface area contributed by atoms with Gasteiger partial charge in [-0.25, -0.2) is 4.79 Å². The van der Waals surface area contributed by atoms with Crippen molar-refractivity contribution in [1.29, 1.82) is 0 Å². The molecule has 3 N–H and O–H groups in total. The van der Waals surface area contributed by atoms with E-state index in [-0.39, 0.29) is 5.91 Å². The fraction of sp³-hybridized carbons (Fsp3) is 0.263. The van der Waals surface area contributed by atoms with Gasteiger partial charge in [0.15, 0.2) is 0 Å². The molecular weight excluding hydrogens is 316 g/mol.